The van der Waals surface area contributed by atoms with Gasteiger partial charge in [-0.2, -0.15) is 0 Å². The lowest BCUT2D eigenvalue weighted by atomic mass is 10.1. The Morgan fingerprint density at radius 2 is 2.31 bits per heavy atom. The van der Waals surface area contributed by atoms with Gasteiger partial charge in [-0.15, -0.1) is 0 Å². The fraction of sp³-hybridized carbons (Fsp3) is 0.333. The van der Waals surface area contributed by atoms with Crippen LogP contribution in [0.5, 0.6) is 0 Å². The maximum atomic E-state index is 11.0. The molecule has 0 atom stereocenters. The SMILES string of the molecule is CC(=O)N(C)CCc1ccc2nc[nH]c2c1. The summed E-state index contributed by atoms with van der Waals surface area (Å²) in [5.74, 6) is 0.0996. The van der Waals surface area contributed by atoms with Crippen LogP contribution in [0.25, 0.3) is 11.0 Å². The van der Waals surface area contributed by atoms with Gasteiger partial charge in [0.1, 0.15) is 0 Å². The van der Waals surface area contributed by atoms with E-state index in [0.717, 1.165) is 24.0 Å². The molecule has 4 nitrogen and oxygen atoms in total. The van der Waals surface area contributed by atoms with E-state index in [-0.39, 0.29) is 5.91 Å². The van der Waals surface area contributed by atoms with Crippen molar-refractivity contribution in [1.82, 2.24) is 14.9 Å². The molecule has 0 unspecified atom stereocenters. The first-order chi connectivity index (χ1) is 7.66. The molecule has 84 valence electrons. The third-order valence-corrected chi connectivity index (χ3v) is 2.76. The molecule has 0 aliphatic carbocycles. The number of imidazole rings is 1. The molecule has 4 heteroatoms. The third kappa shape index (κ3) is 2.21. The smallest absolute Gasteiger partial charge is 0.219 e. The topological polar surface area (TPSA) is 49.0 Å². The summed E-state index contributed by atoms with van der Waals surface area (Å²) >= 11 is 0. The van der Waals surface area contributed by atoms with Gasteiger partial charge in [-0.1, -0.05) is 6.07 Å². The van der Waals surface area contributed by atoms with E-state index in [9.17, 15) is 4.79 Å². The van der Waals surface area contributed by atoms with E-state index >= 15 is 0 Å². The van der Waals surface area contributed by atoms with E-state index in [1.807, 2.05) is 13.1 Å². The van der Waals surface area contributed by atoms with Crippen molar-refractivity contribution in [3.05, 3.63) is 30.1 Å². The molecule has 1 aromatic heterocycles. The molecule has 1 N–H and O–H groups in total. The molecule has 0 saturated heterocycles. The van der Waals surface area contributed by atoms with Gasteiger partial charge >= 0.3 is 0 Å². The minimum absolute atomic E-state index is 0.0996. The van der Waals surface area contributed by atoms with Crippen molar-refractivity contribution in [2.45, 2.75) is 13.3 Å². The molecule has 16 heavy (non-hydrogen) atoms. The first-order valence-electron chi connectivity index (χ1n) is 5.30. The molecule has 0 saturated carbocycles. The van der Waals surface area contributed by atoms with E-state index in [2.05, 4.69) is 22.1 Å². The number of amides is 1. The van der Waals surface area contributed by atoms with Crippen LogP contribution in [0.4, 0.5) is 0 Å². The highest BCUT2D eigenvalue weighted by atomic mass is 16.2. The van der Waals surface area contributed by atoms with Crippen LogP contribution in [-0.2, 0) is 11.2 Å². The van der Waals surface area contributed by atoms with E-state index in [1.54, 1.807) is 18.2 Å². The highest BCUT2D eigenvalue weighted by Crippen LogP contribution is 2.12. The maximum Gasteiger partial charge on any atom is 0.219 e. The second-order valence-electron chi connectivity index (χ2n) is 3.94. The van der Waals surface area contributed by atoms with Crippen LogP contribution >= 0.6 is 0 Å². The second-order valence-corrected chi connectivity index (χ2v) is 3.94. The molecule has 2 rings (SSSR count). The Balaban J connectivity index is 2.06. The molecule has 0 aliphatic rings. The number of carbonyl (C=O) groups is 1. The largest absolute Gasteiger partial charge is 0.346 e. The monoisotopic (exact) mass is 217 g/mol. The number of rotatable bonds is 3. The highest BCUT2D eigenvalue weighted by Gasteiger charge is 2.03. The molecule has 0 bridgehead atoms. The summed E-state index contributed by atoms with van der Waals surface area (Å²) in [7, 11) is 1.82. The number of carbonyl (C=O) groups excluding carboxylic acids is 1. The highest BCUT2D eigenvalue weighted by molar-refractivity contribution is 5.75. The fourth-order valence-electron chi connectivity index (χ4n) is 1.59. The van der Waals surface area contributed by atoms with E-state index < -0.39 is 0 Å². The van der Waals surface area contributed by atoms with Crippen LogP contribution in [-0.4, -0.2) is 34.4 Å². The summed E-state index contributed by atoms with van der Waals surface area (Å²) in [6.07, 6.45) is 2.56. The maximum absolute atomic E-state index is 11.0. The molecule has 0 spiro atoms. The van der Waals surface area contributed by atoms with Gasteiger partial charge in [0.05, 0.1) is 17.4 Å². The van der Waals surface area contributed by atoms with Crippen LogP contribution in [0.1, 0.15) is 12.5 Å². The first-order valence-corrected chi connectivity index (χ1v) is 5.30. The van der Waals surface area contributed by atoms with Crippen LogP contribution in [0.2, 0.25) is 0 Å². The van der Waals surface area contributed by atoms with Crippen molar-refractivity contribution >= 4 is 16.9 Å². The predicted octanol–water partition coefficient (Wildman–Crippen LogP) is 1.58. The van der Waals surface area contributed by atoms with Crippen molar-refractivity contribution in [3.8, 4) is 0 Å². The number of fused-ring (bicyclic) bond motifs is 1. The van der Waals surface area contributed by atoms with Gasteiger partial charge in [-0.25, -0.2) is 4.98 Å². The fourth-order valence-corrected chi connectivity index (χ4v) is 1.59. The van der Waals surface area contributed by atoms with Crippen LogP contribution < -0.4 is 0 Å². The molecule has 0 radical (unpaired) electrons. The summed E-state index contributed by atoms with van der Waals surface area (Å²) in [6, 6.07) is 6.13. The van der Waals surface area contributed by atoms with Crippen molar-refractivity contribution in [2.24, 2.45) is 0 Å². The Bertz CT molecular complexity index is 504. The minimum atomic E-state index is 0.0996. The van der Waals surface area contributed by atoms with Crippen molar-refractivity contribution < 1.29 is 4.79 Å². The van der Waals surface area contributed by atoms with Crippen LogP contribution in [0, 0.1) is 0 Å². The molecule has 1 aromatic carbocycles. The van der Waals surface area contributed by atoms with Crippen molar-refractivity contribution in [3.63, 3.8) is 0 Å². The lowest BCUT2D eigenvalue weighted by Crippen LogP contribution is -2.26. The summed E-state index contributed by atoms with van der Waals surface area (Å²) in [5.41, 5.74) is 3.23. The molecular weight excluding hydrogens is 202 g/mol. The van der Waals surface area contributed by atoms with Crippen molar-refractivity contribution in [1.29, 1.82) is 0 Å². The number of H-pyrrole nitrogens is 1. The molecular formula is C12H15N3O. The van der Waals surface area contributed by atoms with E-state index in [0.29, 0.717) is 0 Å². The lowest BCUT2D eigenvalue weighted by Gasteiger charge is -2.14. The summed E-state index contributed by atoms with van der Waals surface area (Å²) < 4.78 is 0. The number of hydrogen-bond acceptors (Lipinski definition) is 2. The average molecular weight is 217 g/mol. The Morgan fingerprint density at radius 3 is 3.06 bits per heavy atom. The molecule has 1 amide bonds. The number of nitrogens with one attached hydrogen (secondary N) is 1. The zero-order valence-electron chi connectivity index (χ0n) is 9.53. The zero-order chi connectivity index (χ0) is 11.5. The van der Waals surface area contributed by atoms with Gasteiger partial charge < -0.3 is 9.88 Å². The number of hydrogen-bond donors (Lipinski definition) is 1. The summed E-state index contributed by atoms with van der Waals surface area (Å²) in [5, 5.41) is 0. The first kappa shape index (κ1) is 10.7. The molecule has 0 aliphatic heterocycles. The van der Waals surface area contributed by atoms with Crippen molar-refractivity contribution in [2.75, 3.05) is 13.6 Å². The predicted molar refractivity (Wildman–Crippen MR) is 63.1 cm³/mol. The van der Waals surface area contributed by atoms with Gasteiger partial charge in [-0.3, -0.25) is 4.79 Å². The minimum Gasteiger partial charge on any atom is -0.346 e. The number of aromatic nitrogens is 2. The number of aromatic amines is 1. The number of benzene rings is 1. The van der Waals surface area contributed by atoms with Gasteiger partial charge in [0, 0.05) is 20.5 Å². The Hall–Kier alpha value is -1.84. The molecule has 2 aromatic rings. The molecule has 0 fully saturated rings. The van der Waals surface area contributed by atoms with Crippen LogP contribution in [0.15, 0.2) is 24.5 Å². The number of nitrogens with zero attached hydrogens (tertiary/aromatic N) is 2. The Kier molecular flexibility index (Phi) is 2.90. The number of likely N-dealkylation sites (N-methyl/N-ethyl adjacent to an activating group) is 1. The normalized spacial score (nSPS) is 10.6. The lowest BCUT2D eigenvalue weighted by molar-refractivity contribution is -0.127. The van der Waals surface area contributed by atoms with Gasteiger partial charge in [0.15, 0.2) is 0 Å². The Morgan fingerprint density at radius 1 is 1.50 bits per heavy atom. The van der Waals surface area contributed by atoms with Gasteiger partial charge in [0.2, 0.25) is 5.91 Å². The van der Waals surface area contributed by atoms with E-state index in [1.165, 1.54) is 5.56 Å². The van der Waals surface area contributed by atoms with E-state index in [4.69, 9.17) is 0 Å². The zero-order valence-corrected chi connectivity index (χ0v) is 9.53. The average Bonchev–Trinajstić information content (AvgIpc) is 2.72. The van der Waals surface area contributed by atoms with Crippen LogP contribution in [0.3, 0.4) is 0 Å². The summed E-state index contributed by atoms with van der Waals surface area (Å²) in [4.78, 5) is 20.0. The Labute approximate surface area is 94.3 Å². The second kappa shape index (κ2) is 4.35. The summed E-state index contributed by atoms with van der Waals surface area (Å²) in [6.45, 7) is 2.33. The third-order valence-electron chi connectivity index (χ3n) is 2.76. The van der Waals surface area contributed by atoms with Gasteiger partial charge in [-0.05, 0) is 24.1 Å². The quantitative estimate of drug-likeness (QED) is 0.848. The standard InChI is InChI=1S/C12H15N3O/c1-9(16)15(2)6-5-10-3-4-11-12(7-10)14-8-13-11/h3-4,7-8H,5-6H2,1-2H3,(H,13,14). The molecule has 1 heterocycles. The van der Waals surface area contributed by atoms with Gasteiger partial charge in [0.25, 0.3) is 0 Å².